The van der Waals surface area contributed by atoms with Crippen LogP contribution >= 0.6 is 0 Å². The first-order valence-corrected chi connectivity index (χ1v) is 6.55. The fraction of sp³-hybridized carbons (Fsp3) is 0.571. The lowest BCUT2D eigenvalue weighted by molar-refractivity contribution is 0.0875. The van der Waals surface area contributed by atoms with Crippen molar-refractivity contribution < 1.29 is 9.53 Å². The maximum Gasteiger partial charge on any atom is 0.167 e. The van der Waals surface area contributed by atoms with Crippen molar-refractivity contribution in [1.82, 2.24) is 10.3 Å². The Morgan fingerprint density at radius 1 is 1.33 bits per heavy atom. The van der Waals surface area contributed by atoms with E-state index in [1.165, 1.54) is 12.8 Å². The number of nitrogens with one attached hydrogen (secondary N) is 1. The zero-order valence-electron chi connectivity index (χ0n) is 10.6. The Kier molecular flexibility index (Phi) is 3.04. The van der Waals surface area contributed by atoms with Crippen LogP contribution in [0.4, 0.5) is 0 Å². The number of hydrogen-bond acceptors (Lipinski definition) is 4. The fourth-order valence-corrected chi connectivity index (χ4v) is 3.17. The summed E-state index contributed by atoms with van der Waals surface area (Å²) in [4.78, 5) is 16.5. The molecular weight excluding hydrogens is 228 g/mol. The largest absolute Gasteiger partial charge is 0.495 e. The summed E-state index contributed by atoms with van der Waals surface area (Å²) in [5, 5.41) is 3.56. The van der Waals surface area contributed by atoms with E-state index in [2.05, 4.69) is 10.3 Å². The number of aromatic nitrogens is 1. The summed E-state index contributed by atoms with van der Waals surface area (Å²) < 4.78 is 5.12. The standard InChI is InChI=1S/C14H18N2O2/c1-18-13-6-10(7-15-8-13)14(17)9-4-11-2-3-12(5-9)16-11/h6-9,11-12,16H,2-5H2,1H3. The van der Waals surface area contributed by atoms with Gasteiger partial charge in [-0.05, 0) is 31.7 Å². The number of carbonyl (C=O) groups is 1. The lowest BCUT2D eigenvalue weighted by Crippen LogP contribution is -2.40. The van der Waals surface area contributed by atoms with Crippen molar-refractivity contribution in [3.05, 3.63) is 24.0 Å². The molecule has 0 aromatic carbocycles. The Hall–Kier alpha value is -1.42. The number of nitrogens with zero attached hydrogens (tertiary/aromatic N) is 1. The Labute approximate surface area is 107 Å². The van der Waals surface area contributed by atoms with Gasteiger partial charge in [-0.15, -0.1) is 0 Å². The topological polar surface area (TPSA) is 51.2 Å². The summed E-state index contributed by atoms with van der Waals surface area (Å²) in [7, 11) is 1.59. The lowest BCUT2D eigenvalue weighted by Gasteiger charge is -2.28. The van der Waals surface area contributed by atoms with Crippen LogP contribution in [0.25, 0.3) is 0 Å². The number of fused-ring (bicyclic) bond motifs is 2. The maximum atomic E-state index is 12.5. The van der Waals surface area contributed by atoms with E-state index in [0.29, 0.717) is 23.4 Å². The molecule has 3 rings (SSSR count). The van der Waals surface area contributed by atoms with E-state index in [-0.39, 0.29) is 11.7 Å². The first kappa shape index (κ1) is 11.7. The van der Waals surface area contributed by atoms with E-state index in [1.54, 1.807) is 25.6 Å². The van der Waals surface area contributed by atoms with Gasteiger partial charge in [0.1, 0.15) is 5.75 Å². The molecule has 3 heterocycles. The molecule has 2 saturated heterocycles. The normalized spacial score (nSPS) is 30.2. The van der Waals surface area contributed by atoms with E-state index >= 15 is 0 Å². The first-order valence-electron chi connectivity index (χ1n) is 6.55. The van der Waals surface area contributed by atoms with Gasteiger partial charge in [0, 0.05) is 29.8 Å². The third-order valence-corrected chi connectivity index (χ3v) is 4.08. The maximum absolute atomic E-state index is 12.5. The highest BCUT2D eigenvalue weighted by Crippen LogP contribution is 2.33. The molecule has 2 aliphatic heterocycles. The molecule has 0 amide bonds. The number of rotatable bonds is 3. The van der Waals surface area contributed by atoms with Crippen LogP contribution in [-0.2, 0) is 0 Å². The van der Waals surface area contributed by atoms with E-state index in [1.807, 2.05) is 0 Å². The highest BCUT2D eigenvalue weighted by molar-refractivity contribution is 5.98. The monoisotopic (exact) mass is 246 g/mol. The van der Waals surface area contributed by atoms with Gasteiger partial charge in [-0.3, -0.25) is 9.78 Å². The predicted molar refractivity (Wildman–Crippen MR) is 67.8 cm³/mol. The molecule has 2 aliphatic rings. The SMILES string of the molecule is COc1cncc(C(=O)C2CC3CCC(C2)N3)c1. The molecule has 0 aliphatic carbocycles. The van der Waals surface area contributed by atoms with E-state index in [4.69, 9.17) is 4.74 Å². The Morgan fingerprint density at radius 3 is 2.72 bits per heavy atom. The van der Waals surface area contributed by atoms with Crippen LogP contribution in [0.15, 0.2) is 18.5 Å². The molecule has 4 nitrogen and oxygen atoms in total. The zero-order chi connectivity index (χ0) is 12.5. The minimum atomic E-state index is 0.151. The molecule has 2 bridgehead atoms. The predicted octanol–water partition coefficient (Wildman–Crippen LogP) is 1.80. The van der Waals surface area contributed by atoms with Crippen molar-refractivity contribution >= 4 is 5.78 Å². The minimum Gasteiger partial charge on any atom is -0.495 e. The second-order valence-corrected chi connectivity index (χ2v) is 5.28. The molecule has 0 saturated carbocycles. The van der Waals surface area contributed by atoms with Crippen LogP contribution in [0.1, 0.15) is 36.0 Å². The van der Waals surface area contributed by atoms with E-state index in [0.717, 1.165) is 12.8 Å². The van der Waals surface area contributed by atoms with Crippen molar-refractivity contribution in [3.63, 3.8) is 0 Å². The molecule has 2 fully saturated rings. The Bertz CT molecular complexity index is 449. The quantitative estimate of drug-likeness (QED) is 0.826. The second kappa shape index (κ2) is 4.69. The molecule has 0 spiro atoms. The van der Waals surface area contributed by atoms with Gasteiger partial charge < -0.3 is 10.1 Å². The third kappa shape index (κ3) is 2.12. The summed E-state index contributed by atoms with van der Waals surface area (Å²) in [5.74, 6) is 1.02. The second-order valence-electron chi connectivity index (χ2n) is 5.28. The number of piperidine rings is 1. The van der Waals surface area contributed by atoms with Gasteiger partial charge in [-0.1, -0.05) is 0 Å². The highest BCUT2D eigenvalue weighted by atomic mass is 16.5. The summed E-state index contributed by atoms with van der Waals surface area (Å²) >= 11 is 0. The van der Waals surface area contributed by atoms with E-state index in [9.17, 15) is 4.79 Å². The van der Waals surface area contributed by atoms with Gasteiger partial charge in [0.05, 0.1) is 13.3 Å². The number of Topliss-reactive ketones (excluding diaryl/α,β-unsaturated/α-hetero) is 1. The van der Waals surface area contributed by atoms with Gasteiger partial charge in [-0.2, -0.15) is 0 Å². The average molecular weight is 246 g/mol. The summed E-state index contributed by atoms with van der Waals surface area (Å²) in [6.45, 7) is 0. The van der Waals surface area contributed by atoms with Gasteiger partial charge in [-0.25, -0.2) is 0 Å². The number of ketones is 1. The Morgan fingerprint density at radius 2 is 2.06 bits per heavy atom. The van der Waals surface area contributed by atoms with Crippen LogP contribution < -0.4 is 10.1 Å². The molecule has 96 valence electrons. The lowest BCUT2D eigenvalue weighted by atomic mass is 9.86. The van der Waals surface area contributed by atoms with Crippen LogP contribution in [-0.4, -0.2) is 30.0 Å². The number of ether oxygens (including phenoxy) is 1. The molecule has 2 atom stereocenters. The van der Waals surface area contributed by atoms with Gasteiger partial charge in [0.2, 0.25) is 0 Å². The molecule has 0 radical (unpaired) electrons. The summed E-state index contributed by atoms with van der Waals surface area (Å²) in [6, 6.07) is 2.87. The van der Waals surface area contributed by atoms with Crippen molar-refractivity contribution in [2.75, 3.05) is 7.11 Å². The highest BCUT2D eigenvalue weighted by Gasteiger charge is 2.36. The van der Waals surface area contributed by atoms with Gasteiger partial charge in [0.15, 0.2) is 5.78 Å². The molecule has 4 heteroatoms. The number of hydrogen-bond donors (Lipinski definition) is 1. The van der Waals surface area contributed by atoms with Crippen LogP contribution in [0.3, 0.4) is 0 Å². The van der Waals surface area contributed by atoms with E-state index < -0.39 is 0 Å². The number of pyridine rings is 1. The van der Waals surface area contributed by atoms with Crippen LogP contribution in [0.2, 0.25) is 0 Å². The van der Waals surface area contributed by atoms with Crippen molar-refractivity contribution in [1.29, 1.82) is 0 Å². The molecule has 1 N–H and O–H groups in total. The number of carbonyl (C=O) groups excluding carboxylic acids is 1. The molecule has 2 unspecified atom stereocenters. The molecule has 1 aromatic rings. The van der Waals surface area contributed by atoms with Crippen molar-refractivity contribution in [2.24, 2.45) is 5.92 Å². The van der Waals surface area contributed by atoms with Gasteiger partial charge >= 0.3 is 0 Å². The summed E-state index contributed by atoms with van der Waals surface area (Å²) in [6.07, 6.45) is 7.63. The Balaban J connectivity index is 1.77. The molecular formula is C14H18N2O2. The van der Waals surface area contributed by atoms with Crippen molar-refractivity contribution in [3.8, 4) is 5.75 Å². The van der Waals surface area contributed by atoms with Gasteiger partial charge in [0.25, 0.3) is 0 Å². The summed E-state index contributed by atoms with van der Waals surface area (Å²) in [5.41, 5.74) is 0.681. The van der Waals surface area contributed by atoms with Crippen molar-refractivity contribution in [2.45, 2.75) is 37.8 Å². The fourth-order valence-electron chi connectivity index (χ4n) is 3.17. The van der Waals surface area contributed by atoms with Crippen LogP contribution in [0.5, 0.6) is 5.75 Å². The minimum absolute atomic E-state index is 0.151. The molecule has 1 aromatic heterocycles. The molecule has 18 heavy (non-hydrogen) atoms. The third-order valence-electron chi connectivity index (χ3n) is 4.08. The smallest absolute Gasteiger partial charge is 0.167 e. The number of methoxy groups -OCH3 is 1. The van der Waals surface area contributed by atoms with Crippen LogP contribution in [0, 0.1) is 5.92 Å². The first-order chi connectivity index (χ1) is 8.76. The zero-order valence-corrected chi connectivity index (χ0v) is 10.6. The average Bonchev–Trinajstić information content (AvgIpc) is 2.76.